The fraction of sp³-hybridized carbons (Fsp3) is 0.583. The standard InChI is InChI=1S/C12H18N2O2S/c1-16-10-5-8-17-11(10)12(15)14-7-4-9-3-2-6-13-9/h5,8-9,13H,2-4,6-7H2,1H3,(H,14,15)/t9-/m0/s1. The predicted octanol–water partition coefficient (Wildman–Crippen LogP) is 1.63. The van der Waals surface area contributed by atoms with Crippen LogP contribution < -0.4 is 15.4 Å². The summed E-state index contributed by atoms with van der Waals surface area (Å²) in [5, 5.41) is 8.22. The quantitative estimate of drug-likeness (QED) is 0.839. The minimum Gasteiger partial charge on any atom is -0.495 e. The van der Waals surface area contributed by atoms with Crippen LogP contribution in [0.3, 0.4) is 0 Å². The Morgan fingerprint density at radius 2 is 2.59 bits per heavy atom. The average molecular weight is 254 g/mol. The van der Waals surface area contributed by atoms with E-state index in [1.807, 2.05) is 11.4 Å². The Bertz CT molecular complexity index is 372. The normalized spacial score (nSPS) is 19.2. The molecule has 0 unspecified atom stereocenters. The highest BCUT2D eigenvalue weighted by Gasteiger charge is 2.16. The summed E-state index contributed by atoms with van der Waals surface area (Å²) in [6.07, 6.45) is 3.47. The maximum atomic E-state index is 11.9. The van der Waals surface area contributed by atoms with E-state index >= 15 is 0 Å². The predicted molar refractivity (Wildman–Crippen MR) is 68.8 cm³/mol. The fourth-order valence-electron chi connectivity index (χ4n) is 2.07. The van der Waals surface area contributed by atoms with Crippen molar-refractivity contribution < 1.29 is 9.53 Å². The molecule has 2 heterocycles. The minimum absolute atomic E-state index is 0.0325. The van der Waals surface area contributed by atoms with Gasteiger partial charge in [0.2, 0.25) is 0 Å². The van der Waals surface area contributed by atoms with E-state index in [1.54, 1.807) is 7.11 Å². The van der Waals surface area contributed by atoms with Crippen LogP contribution in [0.2, 0.25) is 0 Å². The van der Waals surface area contributed by atoms with Gasteiger partial charge in [0.15, 0.2) is 0 Å². The van der Waals surface area contributed by atoms with Gasteiger partial charge in [-0.3, -0.25) is 4.79 Å². The number of hydrogen-bond acceptors (Lipinski definition) is 4. The Hall–Kier alpha value is -1.07. The molecule has 1 atom stereocenters. The molecule has 5 heteroatoms. The molecule has 1 aromatic rings. The van der Waals surface area contributed by atoms with Gasteiger partial charge in [0, 0.05) is 12.6 Å². The lowest BCUT2D eigenvalue weighted by atomic mass is 10.1. The van der Waals surface area contributed by atoms with Crippen molar-refractivity contribution in [3.05, 3.63) is 16.3 Å². The maximum absolute atomic E-state index is 11.9. The summed E-state index contributed by atoms with van der Waals surface area (Å²) in [7, 11) is 1.58. The first-order valence-corrected chi connectivity index (χ1v) is 6.82. The highest BCUT2D eigenvalue weighted by molar-refractivity contribution is 7.12. The molecule has 1 saturated heterocycles. The number of carbonyl (C=O) groups is 1. The van der Waals surface area contributed by atoms with E-state index in [-0.39, 0.29) is 5.91 Å². The molecule has 0 aliphatic carbocycles. The van der Waals surface area contributed by atoms with Gasteiger partial charge in [0.1, 0.15) is 10.6 Å². The lowest BCUT2D eigenvalue weighted by Crippen LogP contribution is -2.30. The number of ether oxygens (including phenoxy) is 1. The van der Waals surface area contributed by atoms with Gasteiger partial charge in [-0.1, -0.05) is 0 Å². The molecule has 1 aliphatic rings. The molecule has 0 saturated carbocycles. The fourth-order valence-corrected chi connectivity index (χ4v) is 2.84. The third kappa shape index (κ3) is 3.20. The van der Waals surface area contributed by atoms with E-state index in [2.05, 4.69) is 10.6 Å². The second-order valence-electron chi connectivity index (χ2n) is 4.16. The molecule has 2 N–H and O–H groups in total. The van der Waals surface area contributed by atoms with Crippen LogP contribution in [0, 0.1) is 0 Å². The second kappa shape index (κ2) is 6.02. The van der Waals surface area contributed by atoms with E-state index < -0.39 is 0 Å². The Kier molecular flexibility index (Phi) is 4.39. The number of thiophene rings is 1. The van der Waals surface area contributed by atoms with Crippen molar-refractivity contribution >= 4 is 17.2 Å². The minimum atomic E-state index is -0.0325. The zero-order valence-corrected chi connectivity index (χ0v) is 10.8. The maximum Gasteiger partial charge on any atom is 0.265 e. The van der Waals surface area contributed by atoms with Crippen LogP contribution in [-0.4, -0.2) is 32.1 Å². The lowest BCUT2D eigenvalue weighted by molar-refractivity contribution is 0.0953. The molecule has 1 aliphatic heterocycles. The molecule has 2 rings (SSSR count). The van der Waals surface area contributed by atoms with Crippen LogP contribution in [0.4, 0.5) is 0 Å². The van der Waals surface area contributed by atoms with Crippen molar-refractivity contribution in [1.82, 2.24) is 10.6 Å². The van der Waals surface area contributed by atoms with Gasteiger partial charge in [-0.25, -0.2) is 0 Å². The first-order chi connectivity index (χ1) is 8.31. The van der Waals surface area contributed by atoms with Crippen molar-refractivity contribution in [3.8, 4) is 5.75 Å². The molecule has 4 nitrogen and oxygen atoms in total. The number of amides is 1. The number of rotatable bonds is 5. The van der Waals surface area contributed by atoms with Gasteiger partial charge < -0.3 is 15.4 Å². The summed E-state index contributed by atoms with van der Waals surface area (Å²) < 4.78 is 5.12. The summed E-state index contributed by atoms with van der Waals surface area (Å²) in [4.78, 5) is 12.5. The molecule has 0 bridgehead atoms. The Morgan fingerprint density at radius 1 is 1.71 bits per heavy atom. The number of hydrogen-bond donors (Lipinski definition) is 2. The summed E-state index contributed by atoms with van der Waals surface area (Å²) in [6.45, 7) is 1.83. The van der Waals surface area contributed by atoms with E-state index in [0.29, 0.717) is 16.7 Å². The summed E-state index contributed by atoms with van der Waals surface area (Å²) in [5.74, 6) is 0.626. The first kappa shape index (κ1) is 12.4. The molecule has 0 aromatic carbocycles. The van der Waals surface area contributed by atoms with Crippen molar-refractivity contribution in [2.24, 2.45) is 0 Å². The van der Waals surface area contributed by atoms with E-state index in [9.17, 15) is 4.79 Å². The van der Waals surface area contributed by atoms with Crippen molar-refractivity contribution in [1.29, 1.82) is 0 Å². The van der Waals surface area contributed by atoms with E-state index in [0.717, 1.165) is 19.5 Å². The Labute approximate surface area is 105 Å². The second-order valence-corrected chi connectivity index (χ2v) is 5.07. The van der Waals surface area contributed by atoms with Crippen molar-refractivity contribution in [2.45, 2.75) is 25.3 Å². The molecule has 0 spiro atoms. The Morgan fingerprint density at radius 3 is 3.29 bits per heavy atom. The van der Waals surface area contributed by atoms with Gasteiger partial charge >= 0.3 is 0 Å². The van der Waals surface area contributed by atoms with Gasteiger partial charge in [0.25, 0.3) is 5.91 Å². The summed E-state index contributed by atoms with van der Waals surface area (Å²) >= 11 is 1.41. The summed E-state index contributed by atoms with van der Waals surface area (Å²) in [6, 6.07) is 2.39. The molecule has 1 aromatic heterocycles. The first-order valence-electron chi connectivity index (χ1n) is 5.94. The van der Waals surface area contributed by atoms with Crippen molar-refractivity contribution in [3.63, 3.8) is 0 Å². The van der Waals surface area contributed by atoms with Crippen LogP contribution in [0.15, 0.2) is 11.4 Å². The van der Waals surface area contributed by atoms with E-state index in [4.69, 9.17) is 4.74 Å². The molecule has 17 heavy (non-hydrogen) atoms. The molecular weight excluding hydrogens is 236 g/mol. The van der Waals surface area contributed by atoms with E-state index in [1.165, 1.54) is 24.2 Å². The van der Waals surface area contributed by atoms with Crippen LogP contribution in [-0.2, 0) is 0 Å². The summed E-state index contributed by atoms with van der Waals surface area (Å²) in [5.41, 5.74) is 0. The third-order valence-corrected chi connectivity index (χ3v) is 3.89. The number of nitrogens with one attached hydrogen (secondary N) is 2. The molecule has 1 fully saturated rings. The lowest BCUT2D eigenvalue weighted by Gasteiger charge is -2.10. The Balaban J connectivity index is 1.77. The van der Waals surface area contributed by atoms with Crippen LogP contribution >= 0.6 is 11.3 Å². The van der Waals surface area contributed by atoms with Gasteiger partial charge in [-0.2, -0.15) is 0 Å². The zero-order chi connectivity index (χ0) is 12.1. The van der Waals surface area contributed by atoms with Crippen LogP contribution in [0.1, 0.15) is 28.9 Å². The number of carbonyl (C=O) groups excluding carboxylic acids is 1. The van der Waals surface area contributed by atoms with Crippen molar-refractivity contribution in [2.75, 3.05) is 20.2 Å². The molecule has 94 valence electrons. The zero-order valence-electron chi connectivity index (χ0n) is 9.99. The highest BCUT2D eigenvalue weighted by Crippen LogP contribution is 2.23. The largest absolute Gasteiger partial charge is 0.495 e. The average Bonchev–Trinajstić information content (AvgIpc) is 2.99. The van der Waals surface area contributed by atoms with Crippen LogP contribution in [0.25, 0.3) is 0 Å². The van der Waals surface area contributed by atoms with Gasteiger partial charge in [-0.05, 0) is 37.3 Å². The SMILES string of the molecule is COc1ccsc1C(=O)NCC[C@@H]1CCCN1. The monoisotopic (exact) mass is 254 g/mol. The third-order valence-electron chi connectivity index (χ3n) is 3.00. The number of methoxy groups -OCH3 is 1. The molecule has 0 radical (unpaired) electrons. The van der Waals surface area contributed by atoms with Gasteiger partial charge in [-0.15, -0.1) is 11.3 Å². The topological polar surface area (TPSA) is 50.4 Å². The highest BCUT2D eigenvalue weighted by atomic mass is 32.1. The van der Waals surface area contributed by atoms with Gasteiger partial charge in [0.05, 0.1) is 7.11 Å². The van der Waals surface area contributed by atoms with Crippen LogP contribution in [0.5, 0.6) is 5.75 Å². The molecule has 1 amide bonds. The molecular formula is C12H18N2O2S. The smallest absolute Gasteiger partial charge is 0.265 e.